The normalized spacial score (nSPS) is 22.3. The van der Waals surface area contributed by atoms with Crippen molar-refractivity contribution in [2.75, 3.05) is 40.0 Å². The highest BCUT2D eigenvalue weighted by Crippen LogP contribution is 2.43. The quantitative estimate of drug-likeness (QED) is 0.758. The number of carbonyl (C=O) groups excluding carboxylic acids is 1. The molecule has 0 aromatic heterocycles. The first-order valence-corrected chi connectivity index (χ1v) is 10.3. The lowest BCUT2D eigenvalue weighted by Crippen LogP contribution is -2.66. The van der Waals surface area contributed by atoms with E-state index in [0.717, 1.165) is 18.4 Å². The summed E-state index contributed by atoms with van der Waals surface area (Å²) in [6.45, 7) is 3.91. The molecule has 0 saturated carbocycles. The van der Waals surface area contributed by atoms with E-state index in [-0.39, 0.29) is 18.4 Å². The molecule has 1 atom stereocenters. The molecule has 1 aromatic carbocycles. The molecule has 2 heterocycles. The van der Waals surface area contributed by atoms with Crippen LogP contribution < -0.4 is 5.32 Å². The summed E-state index contributed by atoms with van der Waals surface area (Å²) in [6.07, 6.45) is 1.66. The Hall–Kier alpha value is -1.48. The maximum atomic E-state index is 12.7. The van der Waals surface area contributed by atoms with Crippen LogP contribution in [0.2, 0.25) is 0 Å². The molecule has 0 bridgehead atoms. The van der Waals surface area contributed by atoms with Crippen molar-refractivity contribution in [3.63, 3.8) is 0 Å². The summed E-state index contributed by atoms with van der Waals surface area (Å²) in [5.74, 6) is 0.104. The Morgan fingerprint density at radius 2 is 2.04 bits per heavy atom. The van der Waals surface area contributed by atoms with Gasteiger partial charge in [-0.1, -0.05) is 17.7 Å². The summed E-state index contributed by atoms with van der Waals surface area (Å²) in [5, 5.41) is 2.82. The second kappa shape index (κ2) is 7.64. The summed E-state index contributed by atoms with van der Waals surface area (Å²) < 4.78 is 37.7. The first kappa shape index (κ1) is 19.3. The molecule has 0 radical (unpaired) electrons. The number of hydrogen-bond donors (Lipinski definition) is 1. The predicted octanol–water partition coefficient (Wildman–Crippen LogP) is 0.927. The Morgan fingerprint density at radius 3 is 2.69 bits per heavy atom. The molecule has 8 heteroatoms. The lowest BCUT2D eigenvalue weighted by Gasteiger charge is -2.49. The van der Waals surface area contributed by atoms with Gasteiger partial charge in [0.1, 0.15) is 6.61 Å². The van der Waals surface area contributed by atoms with Crippen LogP contribution >= 0.6 is 0 Å². The molecule has 7 nitrogen and oxygen atoms in total. The highest BCUT2D eigenvalue weighted by atomic mass is 32.2. The van der Waals surface area contributed by atoms with Crippen molar-refractivity contribution in [3.05, 3.63) is 29.8 Å². The van der Waals surface area contributed by atoms with Gasteiger partial charge >= 0.3 is 0 Å². The number of benzene rings is 1. The van der Waals surface area contributed by atoms with E-state index in [1.807, 2.05) is 6.92 Å². The fourth-order valence-corrected chi connectivity index (χ4v) is 5.25. The van der Waals surface area contributed by atoms with E-state index < -0.39 is 15.6 Å². The molecule has 144 valence electrons. The predicted molar refractivity (Wildman–Crippen MR) is 96.2 cm³/mol. The van der Waals surface area contributed by atoms with Crippen LogP contribution in [0.3, 0.4) is 0 Å². The van der Waals surface area contributed by atoms with Gasteiger partial charge < -0.3 is 14.8 Å². The Bertz CT molecular complexity index is 741. The molecule has 1 aromatic rings. The van der Waals surface area contributed by atoms with Crippen LogP contribution in [-0.4, -0.2) is 64.2 Å². The zero-order valence-corrected chi connectivity index (χ0v) is 16.0. The topological polar surface area (TPSA) is 84.9 Å². The number of nitrogens with zero attached hydrogens (tertiary/aromatic N) is 1. The number of sulfonamides is 1. The summed E-state index contributed by atoms with van der Waals surface area (Å²) in [5.41, 5.74) is 0.614. The van der Waals surface area contributed by atoms with E-state index in [1.54, 1.807) is 24.3 Å². The Labute approximate surface area is 154 Å². The number of aryl methyl sites for hydroxylation is 1. The van der Waals surface area contributed by atoms with Gasteiger partial charge in [-0.05, 0) is 37.8 Å². The number of amides is 1. The second-order valence-electron chi connectivity index (χ2n) is 7.06. The van der Waals surface area contributed by atoms with Gasteiger partial charge in [0.05, 0.1) is 10.5 Å². The third-order valence-electron chi connectivity index (χ3n) is 5.24. The van der Waals surface area contributed by atoms with E-state index in [4.69, 9.17) is 9.47 Å². The molecule has 0 aliphatic carbocycles. The van der Waals surface area contributed by atoms with Crippen LogP contribution in [0, 0.1) is 12.8 Å². The largest absolute Gasteiger partial charge is 0.375 e. The molecule has 2 fully saturated rings. The zero-order chi connectivity index (χ0) is 18.8. The molecular weight excluding hydrogens is 356 g/mol. The molecule has 1 unspecified atom stereocenters. The molecule has 26 heavy (non-hydrogen) atoms. The van der Waals surface area contributed by atoms with E-state index in [9.17, 15) is 13.2 Å². The van der Waals surface area contributed by atoms with Gasteiger partial charge in [-0.2, -0.15) is 4.31 Å². The number of rotatable bonds is 7. The maximum Gasteiger partial charge on any atom is 0.245 e. The van der Waals surface area contributed by atoms with Crippen LogP contribution in [0.15, 0.2) is 29.2 Å². The van der Waals surface area contributed by atoms with Crippen molar-refractivity contribution in [2.24, 2.45) is 5.92 Å². The summed E-state index contributed by atoms with van der Waals surface area (Å²) >= 11 is 0. The van der Waals surface area contributed by atoms with Crippen molar-refractivity contribution in [1.29, 1.82) is 0 Å². The average Bonchev–Trinajstić information content (AvgIpc) is 2.98. The fraction of sp³-hybridized carbons (Fsp3) is 0.611. The smallest absolute Gasteiger partial charge is 0.245 e. The lowest BCUT2D eigenvalue weighted by atomic mass is 9.80. The number of nitrogens with one attached hydrogen (secondary N) is 1. The minimum absolute atomic E-state index is 0.0505. The van der Waals surface area contributed by atoms with Crippen molar-refractivity contribution < 1.29 is 22.7 Å². The van der Waals surface area contributed by atoms with Crippen LogP contribution in [0.1, 0.15) is 18.4 Å². The lowest BCUT2D eigenvalue weighted by molar-refractivity contribution is -0.125. The van der Waals surface area contributed by atoms with Crippen molar-refractivity contribution in [2.45, 2.75) is 30.3 Å². The number of carbonyl (C=O) groups is 1. The van der Waals surface area contributed by atoms with Gasteiger partial charge in [0.25, 0.3) is 0 Å². The van der Waals surface area contributed by atoms with Crippen LogP contribution in [0.4, 0.5) is 0 Å². The molecule has 2 saturated heterocycles. The maximum absolute atomic E-state index is 12.7. The molecular formula is C18H26N2O5S. The highest BCUT2D eigenvalue weighted by molar-refractivity contribution is 7.89. The van der Waals surface area contributed by atoms with Gasteiger partial charge in [-0.15, -0.1) is 0 Å². The van der Waals surface area contributed by atoms with Crippen LogP contribution in [0.25, 0.3) is 0 Å². The first-order chi connectivity index (χ1) is 12.4. The summed E-state index contributed by atoms with van der Waals surface area (Å²) in [4.78, 5) is 11.8. The molecule has 2 aliphatic heterocycles. The fourth-order valence-electron chi connectivity index (χ4n) is 3.69. The number of hydrogen-bond acceptors (Lipinski definition) is 5. The van der Waals surface area contributed by atoms with Gasteiger partial charge in [-0.3, -0.25) is 4.79 Å². The molecule has 1 N–H and O–H groups in total. The zero-order valence-electron chi connectivity index (χ0n) is 15.2. The van der Waals surface area contributed by atoms with E-state index >= 15 is 0 Å². The van der Waals surface area contributed by atoms with Gasteiger partial charge in [0, 0.05) is 33.4 Å². The SMILES string of the molecule is COCC(=O)NCCC1CCOC12CN(S(=O)(=O)c1ccc(C)cc1)C2. The van der Waals surface area contributed by atoms with Crippen molar-refractivity contribution in [1.82, 2.24) is 9.62 Å². The van der Waals surface area contributed by atoms with Crippen LogP contribution in [0.5, 0.6) is 0 Å². The van der Waals surface area contributed by atoms with Gasteiger partial charge in [0.15, 0.2) is 0 Å². The van der Waals surface area contributed by atoms with Gasteiger partial charge in [0.2, 0.25) is 15.9 Å². The van der Waals surface area contributed by atoms with Gasteiger partial charge in [-0.25, -0.2) is 8.42 Å². The summed E-state index contributed by atoms with van der Waals surface area (Å²) in [7, 11) is -2.00. The first-order valence-electron chi connectivity index (χ1n) is 8.84. The highest BCUT2D eigenvalue weighted by Gasteiger charge is 2.56. The van der Waals surface area contributed by atoms with Crippen molar-refractivity contribution in [3.8, 4) is 0 Å². The monoisotopic (exact) mass is 382 g/mol. The average molecular weight is 382 g/mol. The summed E-state index contributed by atoms with van der Waals surface area (Å²) in [6, 6.07) is 6.90. The van der Waals surface area contributed by atoms with E-state index in [1.165, 1.54) is 11.4 Å². The second-order valence-corrected chi connectivity index (χ2v) is 8.99. The molecule has 2 aliphatic rings. The molecule has 1 amide bonds. The number of methoxy groups -OCH3 is 1. The molecule has 3 rings (SSSR count). The Balaban J connectivity index is 1.57. The third kappa shape index (κ3) is 3.78. The Morgan fingerprint density at radius 1 is 1.35 bits per heavy atom. The minimum atomic E-state index is -3.48. The van der Waals surface area contributed by atoms with E-state index in [2.05, 4.69) is 5.32 Å². The van der Waals surface area contributed by atoms with E-state index in [0.29, 0.717) is 31.1 Å². The number of ether oxygens (including phenoxy) is 2. The molecule has 1 spiro atoms. The Kier molecular flexibility index (Phi) is 5.67. The third-order valence-corrected chi connectivity index (χ3v) is 7.04. The van der Waals surface area contributed by atoms with Crippen molar-refractivity contribution >= 4 is 15.9 Å². The minimum Gasteiger partial charge on any atom is -0.375 e. The standard InChI is InChI=1S/C18H26N2O5S/c1-14-3-5-16(6-4-14)26(22,23)20-12-18(13-20)15(8-10-25-18)7-9-19-17(21)11-24-2/h3-6,15H,7-13H2,1-2H3,(H,19,21). The van der Waals surface area contributed by atoms with Crippen LogP contribution in [-0.2, 0) is 24.3 Å².